The van der Waals surface area contributed by atoms with Gasteiger partial charge < -0.3 is 15.1 Å². The van der Waals surface area contributed by atoms with Crippen molar-refractivity contribution in [2.45, 2.75) is 6.04 Å². The van der Waals surface area contributed by atoms with Crippen molar-refractivity contribution in [3.05, 3.63) is 59.8 Å². The maximum absolute atomic E-state index is 13.9. The van der Waals surface area contributed by atoms with Crippen molar-refractivity contribution < 1.29 is 14.0 Å². The number of aromatic nitrogens is 3. The van der Waals surface area contributed by atoms with Crippen molar-refractivity contribution in [1.82, 2.24) is 29.3 Å². The number of benzene rings is 1. The van der Waals surface area contributed by atoms with E-state index in [1.54, 1.807) is 58.8 Å². The average molecular weight is 425 g/mol. The van der Waals surface area contributed by atoms with Gasteiger partial charge >= 0.3 is 6.03 Å². The Morgan fingerprint density at radius 2 is 1.90 bits per heavy atom. The Morgan fingerprint density at radius 1 is 1.13 bits per heavy atom. The van der Waals surface area contributed by atoms with E-state index in [4.69, 9.17) is 0 Å². The van der Waals surface area contributed by atoms with Crippen LogP contribution in [-0.2, 0) is 0 Å². The first-order valence-corrected chi connectivity index (χ1v) is 9.92. The predicted molar refractivity (Wildman–Crippen MR) is 113 cm³/mol. The topological polar surface area (TPSA) is 86.1 Å². The summed E-state index contributed by atoms with van der Waals surface area (Å²) in [7, 11) is 5.42. The zero-order valence-corrected chi connectivity index (χ0v) is 17.6. The number of anilines is 1. The standard InChI is InChI=1S/C21H24FN7O2/c1-26(2)21(31)28-11-10-27(3)17(13-28)19-25-24-18-9-8-14(12-29(18)19)20(30)23-16-7-5-4-6-15(16)22/h4-9,12,17H,10-11,13H2,1-3H3,(H,23,30). The van der Waals surface area contributed by atoms with Gasteiger partial charge in [-0.25, -0.2) is 9.18 Å². The third-order valence-electron chi connectivity index (χ3n) is 5.41. The van der Waals surface area contributed by atoms with Gasteiger partial charge in [0, 0.05) is 39.9 Å². The lowest BCUT2D eigenvalue weighted by Crippen LogP contribution is -2.52. The van der Waals surface area contributed by atoms with E-state index in [9.17, 15) is 14.0 Å². The largest absolute Gasteiger partial charge is 0.331 e. The van der Waals surface area contributed by atoms with Crippen LogP contribution in [0.1, 0.15) is 22.2 Å². The molecule has 1 aliphatic rings. The van der Waals surface area contributed by atoms with Crippen molar-refractivity contribution in [2.24, 2.45) is 0 Å². The molecule has 1 aliphatic heterocycles. The number of hydrogen-bond donors (Lipinski definition) is 1. The van der Waals surface area contributed by atoms with Crippen molar-refractivity contribution in [1.29, 1.82) is 0 Å². The summed E-state index contributed by atoms with van der Waals surface area (Å²) in [4.78, 5) is 30.6. The van der Waals surface area contributed by atoms with Crippen LogP contribution in [0.5, 0.6) is 0 Å². The minimum absolute atomic E-state index is 0.0584. The maximum Gasteiger partial charge on any atom is 0.319 e. The molecule has 1 N–H and O–H groups in total. The van der Waals surface area contributed by atoms with Crippen LogP contribution in [0.3, 0.4) is 0 Å². The van der Waals surface area contributed by atoms with Crippen molar-refractivity contribution in [3.63, 3.8) is 0 Å². The number of fused-ring (bicyclic) bond motifs is 1. The first-order chi connectivity index (χ1) is 14.8. The number of nitrogens with one attached hydrogen (secondary N) is 1. The Balaban J connectivity index is 1.63. The highest BCUT2D eigenvalue weighted by Crippen LogP contribution is 2.24. The van der Waals surface area contributed by atoms with Crippen LogP contribution in [-0.4, -0.2) is 82.0 Å². The fraction of sp³-hybridized carbons (Fsp3) is 0.333. The van der Waals surface area contributed by atoms with Crippen LogP contribution in [0.25, 0.3) is 5.65 Å². The predicted octanol–water partition coefficient (Wildman–Crippen LogP) is 2.09. The van der Waals surface area contributed by atoms with Gasteiger partial charge in [0.25, 0.3) is 5.91 Å². The molecule has 0 aliphatic carbocycles. The molecule has 3 heterocycles. The summed E-state index contributed by atoms with van der Waals surface area (Å²) >= 11 is 0. The summed E-state index contributed by atoms with van der Waals surface area (Å²) in [6.45, 7) is 1.77. The number of amides is 3. The van der Waals surface area contributed by atoms with Gasteiger partial charge in [0.05, 0.1) is 17.3 Å². The number of likely N-dealkylation sites (N-methyl/N-ethyl adjacent to an activating group) is 1. The minimum atomic E-state index is -0.503. The fourth-order valence-corrected chi connectivity index (χ4v) is 3.64. The lowest BCUT2D eigenvalue weighted by Gasteiger charge is -2.39. The summed E-state index contributed by atoms with van der Waals surface area (Å²) in [5.41, 5.74) is 1.04. The second-order valence-electron chi connectivity index (χ2n) is 7.76. The first kappa shape index (κ1) is 20.7. The lowest BCUT2D eigenvalue weighted by atomic mass is 10.1. The van der Waals surface area contributed by atoms with E-state index in [0.717, 1.165) is 0 Å². The summed E-state index contributed by atoms with van der Waals surface area (Å²) < 4.78 is 15.6. The van der Waals surface area contributed by atoms with Gasteiger partial charge in [-0.05, 0) is 31.3 Å². The van der Waals surface area contributed by atoms with Crippen LogP contribution in [0.4, 0.5) is 14.9 Å². The molecule has 9 nitrogen and oxygen atoms in total. The highest BCUT2D eigenvalue weighted by molar-refractivity contribution is 6.04. The SMILES string of the molecule is CN(C)C(=O)N1CCN(C)C(c2nnc3ccc(C(=O)Nc4ccccc4F)cn23)C1. The second kappa shape index (κ2) is 8.31. The quantitative estimate of drug-likeness (QED) is 0.695. The molecule has 0 radical (unpaired) electrons. The molecular weight excluding hydrogens is 401 g/mol. The summed E-state index contributed by atoms with van der Waals surface area (Å²) in [6, 6.07) is 9.08. The normalized spacial score (nSPS) is 17.0. The number of carbonyl (C=O) groups is 2. The van der Waals surface area contributed by atoms with Crippen molar-refractivity contribution >= 4 is 23.3 Å². The number of nitrogens with zero attached hydrogens (tertiary/aromatic N) is 6. The molecule has 31 heavy (non-hydrogen) atoms. The van der Waals surface area contributed by atoms with E-state index in [2.05, 4.69) is 20.4 Å². The Kier molecular flexibility index (Phi) is 5.55. The maximum atomic E-state index is 13.9. The first-order valence-electron chi connectivity index (χ1n) is 9.92. The molecule has 10 heteroatoms. The number of carbonyl (C=O) groups excluding carboxylic acids is 2. The van der Waals surface area contributed by atoms with Gasteiger partial charge in [-0.3, -0.25) is 14.1 Å². The lowest BCUT2D eigenvalue weighted by molar-refractivity contribution is 0.0933. The molecule has 3 aromatic rings. The molecule has 0 bridgehead atoms. The van der Waals surface area contributed by atoms with E-state index in [0.29, 0.717) is 36.7 Å². The van der Waals surface area contributed by atoms with E-state index in [1.165, 1.54) is 12.1 Å². The molecule has 1 saturated heterocycles. The number of urea groups is 1. The zero-order chi connectivity index (χ0) is 22.1. The average Bonchev–Trinajstić information content (AvgIpc) is 3.18. The van der Waals surface area contributed by atoms with Crippen molar-refractivity contribution in [3.8, 4) is 0 Å². The number of rotatable bonds is 3. The molecule has 0 saturated carbocycles. The number of pyridine rings is 1. The highest BCUT2D eigenvalue weighted by Gasteiger charge is 2.32. The number of halogens is 1. The van der Waals surface area contributed by atoms with Crippen LogP contribution in [0.2, 0.25) is 0 Å². The molecule has 3 amide bonds. The van der Waals surface area contributed by atoms with Gasteiger partial charge in [0.2, 0.25) is 0 Å². The van der Waals surface area contributed by atoms with Gasteiger partial charge in [0.1, 0.15) is 5.82 Å². The fourth-order valence-electron chi connectivity index (χ4n) is 3.64. The van der Waals surface area contributed by atoms with Gasteiger partial charge in [0.15, 0.2) is 11.5 Å². The van der Waals surface area contributed by atoms with E-state index in [-0.39, 0.29) is 17.8 Å². The Bertz CT molecular complexity index is 1130. The van der Waals surface area contributed by atoms with Crippen molar-refractivity contribution in [2.75, 3.05) is 46.1 Å². The van der Waals surface area contributed by atoms with Crippen LogP contribution in [0, 0.1) is 5.82 Å². The molecule has 1 atom stereocenters. The summed E-state index contributed by atoms with van der Waals surface area (Å²) in [6.07, 6.45) is 1.64. The second-order valence-corrected chi connectivity index (χ2v) is 7.76. The van der Waals surface area contributed by atoms with E-state index >= 15 is 0 Å². The molecule has 2 aromatic heterocycles. The van der Waals surface area contributed by atoms with Gasteiger partial charge in [-0.15, -0.1) is 10.2 Å². The molecule has 162 valence electrons. The Hall–Kier alpha value is -3.53. The molecule has 1 aromatic carbocycles. The Morgan fingerprint density at radius 3 is 2.65 bits per heavy atom. The van der Waals surface area contributed by atoms with Crippen LogP contribution in [0.15, 0.2) is 42.6 Å². The third kappa shape index (κ3) is 4.06. The van der Waals surface area contributed by atoms with E-state index < -0.39 is 11.7 Å². The molecule has 1 fully saturated rings. The monoisotopic (exact) mass is 425 g/mol. The zero-order valence-electron chi connectivity index (χ0n) is 17.6. The van der Waals surface area contributed by atoms with Gasteiger partial charge in [-0.1, -0.05) is 12.1 Å². The van der Waals surface area contributed by atoms with Crippen LogP contribution >= 0.6 is 0 Å². The third-order valence-corrected chi connectivity index (χ3v) is 5.41. The van der Waals surface area contributed by atoms with Crippen LogP contribution < -0.4 is 5.32 Å². The Labute approximate surface area is 179 Å². The molecule has 1 unspecified atom stereocenters. The summed E-state index contributed by atoms with van der Waals surface area (Å²) in [5.74, 6) is -0.307. The van der Waals surface area contributed by atoms with E-state index in [1.807, 2.05) is 7.05 Å². The number of para-hydroxylation sites is 1. The molecule has 4 rings (SSSR count). The number of hydrogen-bond acceptors (Lipinski definition) is 5. The highest BCUT2D eigenvalue weighted by atomic mass is 19.1. The number of piperazine rings is 1. The van der Waals surface area contributed by atoms with Gasteiger partial charge in [-0.2, -0.15) is 0 Å². The smallest absolute Gasteiger partial charge is 0.319 e. The summed E-state index contributed by atoms with van der Waals surface area (Å²) in [5, 5.41) is 11.1. The molecular formula is C21H24FN7O2. The molecule has 0 spiro atoms. The minimum Gasteiger partial charge on any atom is -0.331 e.